The lowest BCUT2D eigenvalue weighted by molar-refractivity contribution is -0.140. The lowest BCUT2D eigenvalue weighted by Crippen LogP contribution is -2.46. The Morgan fingerprint density at radius 1 is 1.03 bits per heavy atom. The first-order valence-corrected chi connectivity index (χ1v) is 10.9. The average molecular weight is 472 g/mol. The van der Waals surface area contributed by atoms with E-state index < -0.39 is 5.56 Å². The van der Waals surface area contributed by atoms with E-state index in [-0.39, 0.29) is 21.9 Å². The van der Waals surface area contributed by atoms with E-state index in [9.17, 15) is 9.59 Å². The molecule has 2 aliphatic heterocycles. The molecular weight excluding hydrogens is 451 g/mol. The Hall–Kier alpha value is -1.80. The second-order valence-electron chi connectivity index (χ2n) is 7.36. The van der Waals surface area contributed by atoms with E-state index in [1.165, 1.54) is 6.20 Å². The number of piperidine rings is 1. The third-order valence-corrected chi connectivity index (χ3v) is 6.61. The van der Waals surface area contributed by atoms with Crippen molar-refractivity contribution < 1.29 is 9.53 Å². The van der Waals surface area contributed by atoms with Crippen LogP contribution in [-0.4, -0.2) is 60.0 Å². The summed E-state index contributed by atoms with van der Waals surface area (Å²) in [5.41, 5.74) is 0.867. The minimum Gasteiger partial charge on any atom is -0.378 e. The molecule has 0 radical (unpaired) electrons. The Kier molecular flexibility index (Phi) is 6.53. The van der Waals surface area contributed by atoms with E-state index in [1.54, 1.807) is 12.1 Å². The van der Waals surface area contributed by atoms with Gasteiger partial charge in [0.2, 0.25) is 5.91 Å². The van der Waals surface area contributed by atoms with Gasteiger partial charge in [-0.15, -0.1) is 0 Å². The van der Waals surface area contributed by atoms with Crippen LogP contribution in [0.4, 0.5) is 5.69 Å². The van der Waals surface area contributed by atoms with Crippen molar-refractivity contribution >= 4 is 46.4 Å². The number of carbonyl (C=O) groups is 1. The van der Waals surface area contributed by atoms with Crippen molar-refractivity contribution in [1.29, 1.82) is 0 Å². The summed E-state index contributed by atoms with van der Waals surface area (Å²) in [7, 11) is 0. The number of carbonyl (C=O) groups excluding carboxylic acids is 1. The first kappa shape index (κ1) is 21.4. The topological polar surface area (TPSA) is 67.7 Å². The second kappa shape index (κ2) is 9.14. The Bertz CT molecular complexity index is 999. The molecule has 30 heavy (non-hydrogen) atoms. The standard InChI is InChI=1S/C20H21Cl3N4O3/c21-15-11-14(27-20(29)18(23)16(22)12-24-27)1-2-17(15)25-5-3-13(4-6-25)19(28)26-7-9-30-10-8-26/h1-2,11-13H,3-10H2. The maximum atomic E-state index is 12.7. The van der Waals surface area contributed by atoms with Crippen LogP contribution < -0.4 is 10.5 Å². The van der Waals surface area contributed by atoms with Gasteiger partial charge in [0.15, 0.2) is 0 Å². The Morgan fingerprint density at radius 3 is 2.40 bits per heavy atom. The number of amides is 1. The zero-order valence-electron chi connectivity index (χ0n) is 16.2. The number of hydrogen-bond donors (Lipinski definition) is 0. The highest BCUT2D eigenvalue weighted by atomic mass is 35.5. The second-order valence-corrected chi connectivity index (χ2v) is 8.55. The fourth-order valence-electron chi connectivity index (χ4n) is 3.89. The maximum Gasteiger partial charge on any atom is 0.291 e. The summed E-state index contributed by atoms with van der Waals surface area (Å²) in [6, 6.07) is 5.31. The molecule has 0 bridgehead atoms. The fourth-order valence-corrected chi connectivity index (χ4v) is 4.44. The highest BCUT2D eigenvalue weighted by Crippen LogP contribution is 2.32. The Morgan fingerprint density at radius 2 is 1.73 bits per heavy atom. The van der Waals surface area contributed by atoms with Crippen LogP contribution >= 0.6 is 34.8 Å². The van der Waals surface area contributed by atoms with Crippen molar-refractivity contribution in [3.05, 3.63) is 49.8 Å². The van der Waals surface area contributed by atoms with E-state index in [4.69, 9.17) is 39.5 Å². The number of anilines is 1. The van der Waals surface area contributed by atoms with Gasteiger partial charge in [-0.3, -0.25) is 9.59 Å². The number of ether oxygens (including phenoxy) is 1. The summed E-state index contributed by atoms with van der Waals surface area (Å²) >= 11 is 18.3. The van der Waals surface area contributed by atoms with Gasteiger partial charge in [0.1, 0.15) is 5.02 Å². The van der Waals surface area contributed by atoms with Crippen LogP contribution in [0.5, 0.6) is 0 Å². The average Bonchev–Trinajstić information content (AvgIpc) is 2.78. The molecule has 2 fully saturated rings. The molecule has 1 aromatic heterocycles. The molecule has 2 aliphatic rings. The third-order valence-electron chi connectivity index (χ3n) is 5.56. The van der Waals surface area contributed by atoms with Gasteiger partial charge in [0, 0.05) is 32.1 Å². The number of nitrogens with zero attached hydrogens (tertiary/aromatic N) is 4. The van der Waals surface area contributed by atoms with Crippen molar-refractivity contribution in [2.75, 3.05) is 44.3 Å². The number of halogens is 3. The molecule has 0 spiro atoms. The molecule has 0 atom stereocenters. The molecule has 3 heterocycles. The van der Waals surface area contributed by atoms with Crippen LogP contribution in [0.15, 0.2) is 29.2 Å². The smallest absolute Gasteiger partial charge is 0.291 e. The van der Waals surface area contributed by atoms with Crippen molar-refractivity contribution in [3.8, 4) is 5.69 Å². The van der Waals surface area contributed by atoms with E-state index in [0.717, 1.165) is 36.3 Å². The quantitative estimate of drug-likeness (QED) is 0.687. The van der Waals surface area contributed by atoms with Gasteiger partial charge in [-0.05, 0) is 31.0 Å². The molecule has 160 valence electrons. The Balaban J connectivity index is 1.45. The number of benzene rings is 1. The van der Waals surface area contributed by atoms with Gasteiger partial charge in [0.05, 0.1) is 40.8 Å². The Labute approximate surface area is 189 Å². The van der Waals surface area contributed by atoms with Crippen LogP contribution in [0.3, 0.4) is 0 Å². The summed E-state index contributed by atoms with van der Waals surface area (Å²) in [5, 5.41) is 4.56. The minimum atomic E-state index is -0.504. The predicted molar refractivity (Wildman–Crippen MR) is 117 cm³/mol. The molecule has 4 rings (SSSR count). The SMILES string of the molecule is O=C(C1CCN(c2ccc(-n3ncc(Cl)c(Cl)c3=O)cc2Cl)CC1)N1CCOCC1. The van der Waals surface area contributed by atoms with Crippen molar-refractivity contribution in [1.82, 2.24) is 14.7 Å². The van der Waals surface area contributed by atoms with Gasteiger partial charge < -0.3 is 14.5 Å². The summed E-state index contributed by atoms with van der Waals surface area (Å²) < 4.78 is 6.49. The van der Waals surface area contributed by atoms with Crippen LogP contribution in [0, 0.1) is 5.92 Å². The molecule has 1 amide bonds. The van der Waals surface area contributed by atoms with Gasteiger partial charge in [-0.25, -0.2) is 0 Å². The number of morpholine rings is 1. The van der Waals surface area contributed by atoms with Gasteiger partial charge in [-0.1, -0.05) is 34.8 Å². The largest absolute Gasteiger partial charge is 0.378 e. The molecule has 2 saturated heterocycles. The fraction of sp³-hybridized carbons (Fsp3) is 0.450. The number of hydrogen-bond acceptors (Lipinski definition) is 5. The zero-order chi connectivity index (χ0) is 21.3. The normalized spacial score (nSPS) is 18.0. The van der Waals surface area contributed by atoms with E-state index in [1.807, 2.05) is 11.0 Å². The first-order valence-electron chi connectivity index (χ1n) is 9.80. The highest BCUT2D eigenvalue weighted by molar-refractivity contribution is 6.41. The number of rotatable bonds is 3. The van der Waals surface area contributed by atoms with Crippen LogP contribution in [-0.2, 0) is 9.53 Å². The van der Waals surface area contributed by atoms with Crippen molar-refractivity contribution in [2.45, 2.75) is 12.8 Å². The summed E-state index contributed by atoms with van der Waals surface area (Å²) in [6.07, 6.45) is 2.88. The molecule has 2 aromatic rings. The molecule has 0 unspecified atom stereocenters. The number of aromatic nitrogens is 2. The van der Waals surface area contributed by atoms with Crippen LogP contribution in [0.25, 0.3) is 5.69 Å². The summed E-state index contributed by atoms with van der Waals surface area (Å²) in [4.78, 5) is 29.1. The van der Waals surface area contributed by atoms with Gasteiger partial charge >= 0.3 is 0 Å². The molecule has 7 nitrogen and oxygen atoms in total. The van der Waals surface area contributed by atoms with Gasteiger partial charge in [0.25, 0.3) is 5.56 Å². The zero-order valence-corrected chi connectivity index (χ0v) is 18.5. The minimum absolute atomic E-state index is 0.0383. The predicted octanol–water partition coefficient (Wildman–Crippen LogP) is 3.27. The van der Waals surface area contributed by atoms with E-state index >= 15 is 0 Å². The van der Waals surface area contributed by atoms with E-state index in [0.29, 0.717) is 37.0 Å². The van der Waals surface area contributed by atoms with Crippen LogP contribution in [0.1, 0.15) is 12.8 Å². The molecular formula is C20H21Cl3N4O3. The van der Waals surface area contributed by atoms with Crippen LogP contribution in [0.2, 0.25) is 15.1 Å². The maximum absolute atomic E-state index is 12.7. The highest BCUT2D eigenvalue weighted by Gasteiger charge is 2.30. The molecule has 0 aliphatic carbocycles. The summed E-state index contributed by atoms with van der Waals surface area (Å²) in [6.45, 7) is 4.06. The lowest BCUT2D eigenvalue weighted by atomic mass is 9.94. The van der Waals surface area contributed by atoms with Crippen molar-refractivity contribution in [3.63, 3.8) is 0 Å². The monoisotopic (exact) mass is 470 g/mol. The molecule has 10 heteroatoms. The molecule has 1 aromatic carbocycles. The van der Waals surface area contributed by atoms with Gasteiger partial charge in [-0.2, -0.15) is 9.78 Å². The lowest BCUT2D eigenvalue weighted by Gasteiger charge is -2.36. The third kappa shape index (κ3) is 4.30. The first-order chi connectivity index (χ1) is 14.5. The summed E-state index contributed by atoms with van der Waals surface area (Å²) in [5.74, 6) is 0.265. The van der Waals surface area contributed by atoms with E-state index in [2.05, 4.69) is 10.00 Å². The molecule has 0 saturated carbocycles. The van der Waals surface area contributed by atoms with Crippen molar-refractivity contribution in [2.24, 2.45) is 5.92 Å². The molecule has 0 N–H and O–H groups in total.